The SMILES string of the molecule is CC(=O)O[C@H]1C[C@@H](c2ccccc2)c2ccc(Cl)cc21. The van der Waals surface area contributed by atoms with Crippen molar-refractivity contribution in [2.24, 2.45) is 0 Å². The second kappa shape index (κ2) is 5.29. The molecule has 0 aliphatic heterocycles. The van der Waals surface area contributed by atoms with Crippen LogP contribution < -0.4 is 0 Å². The minimum absolute atomic E-state index is 0.202. The van der Waals surface area contributed by atoms with Crippen molar-refractivity contribution in [3.05, 3.63) is 70.2 Å². The van der Waals surface area contributed by atoms with E-state index in [1.807, 2.05) is 36.4 Å². The molecule has 3 heteroatoms. The molecule has 0 amide bonds. The first-order valence-electron chi connectivity index (χ1n) is 6.66. The number of benzene rings is 2. The molecule has 0 radical (unpaired) electrons. The Morgan fingerprint density at radius 1 is 1.15 bits per heavy atom. The maximum atomic E-state index is 11.3. The van der Waals surface area contributed by atoms with Crippen molar-refractivity contribution in [3.8, 4) is 0 Å². The van der Waals surface area contributed by atoms with E-state index in [9.17, 15) is 4.79 Å². The molecule has 0 aromatic heterocycles. The van der Waals surface area contributed by atoms with E-state index in [1.165, 1.54) is 18.1 Å². The van der Waals surface area contributed by atoms with Gasteiger partial charge in [-0.25, -0.2) is 0 Å². The van der Waals surface area contributed by atoms with Crippen LogP contribution in [0.15, 0.2) is 48.5 Å². The number of rotatable bonds is 2. The first-order valence-corrected chi connectivity index (χ1v) is 7.04. The zero-order valence-electron chi connectivity index (χ0n) is 11.2. The van der Waals surface area contributed by atoms with Gasteiger partial charge < -0.3 is 4.74 Å². The molecular formula is C17H15ClO2. The normalized spacial score (nSPS) is 20.5. The first kappa shape index (κ1) is 13.2. The molecule has 0 fully saturated rings. The van der Waals surface area contributed by atoms with Crippen LogP contribution in [0.2, 0.25) is 5.02 Å². The van der Waals surface area contributed by atoms with Gasteiger partial charge in [-0.05, 0) is 35.2 Å². The molecule has 1 aliphatic carbocycles. The summed E-state index contributed by atoms with van der Waals surface area (Å²) in [6.45, 7) is 1.44. The lowest BCUT2D eigenvalue weighted by Crippen LogP contribution is -2.05. The molecule has 0 N–H and O–H groups in total. The summed E-state index contributed by atoms with van der Waals surface area (Å²) >= 11 is 6.08. The number of carbonyl (C=O) groups is 1. The highest BCUT2D eigenvalue weighted by Gasteiger charge is 2.33. The van der Waals surface area contributed by atoms with E-state index in [2.05, 4.69) is 12.1 Å². The van der Waals surface area contributed by atoms with Crippen molar-refractivity contribution in [3.63, 3.8) is 0 Å². The Kier molecular flexibility index (Phi) is 3.49. The molecule has 2 aromatic carbocycles. The third-order valence-corrected chi connectivity index (χ3v) is 3.97. The highest BCUT2D eigenvalue weighted by molar-refractivity contribution is 6.30. The summed E-state index contributed by atoms with van der Waals surface area (Å²) < 4.78 is 5.45. The molecular weight excluding hydrogens is 272 g/mol. The summed E-state index contributed by atoms with van der Waals surface area (Å²) in [5.74, 6) is 0.00227. The van der Waals surface area contributed by atoms with Crippen LogP contribution in [-0.2, 0) is 9.53 Å². The third kappa shape index (κ3) is 2.44. The van der Waals surface area contributed by atoms with Gasteiger partial charge in [-0.1, -0.05) is 48.0 Å². The molecule has 0 unspecified atom stereocenters. The van der Waals surface area contributed by atoms with E-state index in [0.717, 1.165) is 12.0 Å². The fraction of sp³-hybridized carbons (Fsp3) is 0.235. The van der Waals surface area contributed by atoms with Crippen molar-refractivity contribution >= 4 is 17.6 Å². The first-order chi connectivity index (χ1) is 9.65. The Hall–Kier alpha value is -1.80. The second-order valence-corrected chi connectivity index (χ2v) is 5.51. The van der Waals surface area contributed by atoms with Gasteiger partial charge in [-0.15, -0.1) is 0 Å². The van der Waals surface area contributed by atoms with Crippen LogP contribution in [0.1, 0.15) is 42.1 Å². The van der Waals surface area contributed by atoms with E-state index >= 15 is 0 Å². The van der Waals surface area contributed by atoms with Crippen LogP contribution in [-0.4, -0.2) is 5.97 Å². The van der Waals surface area contributed by atoms with E-state index in [-0.39, 0.29) is 18.0 Å². The molecule has 3 rings (SSSR count). The van der Waals surface area contributed by atoms with Gasteiger partial charge in [-0.2, -0.15) is 0 Å². The van der Waals surface area contributed by atoms with Gasteiger partial charge >= 0.3 is 5.97 Å². The van der Waals surface area contributed by atoms with E-state index in [1.54, 1.807) is 0 Å². The Morgan fingerprint density at radius 2 is 1.90 bits per heavy atom. The Balaban J connectivity index is 2.02. The molecule has 102 valence electrons. The summed E-state index contributed by atoms with van der Waals surface area (Å²) in [6.07, 6.45) is 0.575. The van der Waals surface area contributed by atoms with E-state index in [0.29, 0.717) is 5.02 Å². The summed E-state index contributed by atoms with van der Waals surface area (Å²) in [7, 11) is 0. The van der Waals surface area contributed by atoms with Crippen LogP contribution in [0, 0.1) is 0 Å². The number of hydrogen-bond acceptors (Lipinski definition) is 2. The lowest BCUT2D eigenvalue weighted by molar-refractivity contribution is -0.146. The van der Waals surface area contributed by atoms with Crippen LogP contribution >= 0.6 is 11.6 Å². The number of carbonyl (C=O) groups excluding carboxylic acids is 1. The maximum Gasteiger partial charge on any atom is 0.303 e. The molecule has 2 aromatic rings. The summed E-state index contributed by atoms with van der Waals surface area (Å²) in [5.41, 5.74) is 3.47. The Labute approximate surface area is 123 Å². The lowest BCUT2D eigenvalue weighted by Gasteiger charge is -2.12. The average Bonchev–Trinajstić information content (AvgIpc) is 2.77. The van der Waals surface area contributed by atoms with Gasteiger partial charge in [0.15, 0.2) is 0 Å². The van der Waals surface area contributed by atoms with Gasteiger partial charge in [0.05, 0.1) is 0 Å². The zero-order chi connectivity index (χ0) is 14.1. The van der Waals surface area contributed by atoms with Gasteiger partial charge in [0, 0.05) is 17.9 Å². The zero-order valence-corrected chi connectivity index (χ0v) is 11.9. The molecule has 0 heterocycles. The standard InChI is InChI=1S/C17H15ClO2/c1-11(19)20-17-10-15(12-5-3-2-4-6-12)14-8-7-13(18)9-16(14)17/h2-9,15,17H,10H2,1H3/t15-,17-/m0/s1. The van der Waals surface area contributed by atoms with Crippen molar-refractivity contribution in [2.75, 3.05) is 0 Å². The Bertz CT molecular complexity index is 637. The molecule has 2 nitrogen and oxygen atoms in total. The molecule has 0 bridgehead atoms. The number of hydrogen-bond donors (Lipinski definition) is 0. The molecule has 0 saturated heterocycles. The van der Waals surface area contributed by atoms with Crippen molar-refractivity contribution in [2.45, 2.75) is 25.4 Å². The lowest BCUT2D eigenvalue weighted by atomic mass is 9.93. The van der Waals surface area contributed by atoms with Crippen LogP contribution in [0.4, 0.5) is 0 Å². The largest absolute Gasteiger partial charge is 0.458 e. The van der Waals surface area contributed by atoms with Gasteiger partial charge in [0.1, 0.15) is 6.10 Å². The predicted molar refractivity (Wildman–Crippen MR) is 78.9 cm³/mol. The highest BCUT2D eigenvalue weighted by Crippen LogP contribution is 2.46. The van der Waals surface area contributed by atoms with Crippen molar-refractivity contribution in [1.82, 2.24) is 0 Å². The van der Waals surface area contributed by atoms with E-state index in [4.69, 9.17) is 16.3 Å². The minimum atomic E-state index is -0.255. The smallest absolute Gasteiger partial charge is 0.303 e. The monoisotopic (exact) mass is 286 g/mol. The number of esters is 1. The summed E-state index contributed by atoms with van der Waals surface area (Å²) in [5, 5.41) is 0.676. The fourth-order valence-corrected chi connectivity index (χ4v) is 3.10. The van der Waals surface area contributed by atoms with Gasteiger partial charge in [-0.3, -0.25) is 4.79 Å². The topological polar surface area (TPSA) is 26.3 Å². The Morgan fingerprint density at radius 3 is 2.60 bits per heavy atom. The van der Waals surface area contributed by atoms with Crippen LogP contribution in [0.5, 0.6) is 0 Å². The number of ether oxygens (including phenoxy) is 1. The van der Waals surface area contributed by atoms with Crippen LogP contribution in [0.25, 0.3) is 0 Å². The van der Waals surface area contributed by atoms with E-state index < -0.39 is 0 Å². The fourth-order valence-electron chi connectivity index (χ4n) is 2.92. The third-order valence-electron chi connectivity index (χ3n) is 3.73. The summed E-state index contributed by atoms with van der Waals surface area (Å²) in [4.78, 5) is 11.3. The minimum Gasteiger partial charge on any atom is -0.458 e. The molecule has 2 atom stereocenters. The molecule has 20 heavy (non-hydrogen) atoms. The van der Waals surface area contributed by atoms with Crippen molar-refractivity contribution in [1.29, 1.82) is 0 Å². The molecule has 0 spiro atoms. The van der Waals surface area contributed by atoms with Crippen molar-refractivity contribution < 1.29 is 9.53 Å². The molecule has 0 saturated carbocycles. The van der Waals surface area contributed by atoms with Gasteiger partial charge in [0.25, 0.3) is 0 Å². The predicted octanol–water partition coefficient (Wildman–Crippen LogP) is 4.48. The molecule has 1 aliphatic rings. The number of halogens is 1. The van der Waals surface area contributed by atoms with Gasteiger partial charge in [0.2, 0.25) is 0 Å². The quantitative estimate of drug-likeness (QED) is 0.761. The highest BCUT2D eigenvalue weighted by atomic mass is 35.5. The maximum absolute atomic E-state index is 11.3. The number of fused-ring (bicyclic) bond motifs is 1. The average molecular weight is 287 g/mol. The van der Waals surface area contributed by atoms with Crippen LogP contribution in [0.3, 0.4) is 0 Å². The second-order valence-electron chi connectivity index (χ2n) is 5.07. The summed E-state index contributed by atoms with van der Waals surface area (Å²) in [6, 6.07) is 16.1.